The van der Waals surface area contributed by atoms with E-state index in [0.29, 0.717) is 60.0 Å². The lowest BCUT2D eigenvalue weighted by molar-refractivity contribution is 0.0206. The Bertz CT molecular complexity index is 2110. The molecule has 0 bridgehead atoms. The van der Waals surface area contributed by atoms with Crippen LogP contribution in [-0.2, 0) is 11.3 Å². The van der Waals surface area contributed by atoms with Gasteiger partial charge >= 0.3 is 6.09 Å². The molecule has 1 amide bonds. The van der Waals surface area contributed by atoms with E-state index in [4.69, 9.17) is 23.9 Å². The molecule has 0 spiro atoms. The molecule has 1 fully saturated rings. The Morgan fingerprint density at radius 1 is 1.02 bits per heavy atom. The monoisotopic (exact) mass is 752 g/mol. The lowest BCUT2D eigenvalue weighted by Crippen LogP contribution is -2.47. The average molecular weight is 753 g/mol. The van der Waals surface area contributed by atoms with Crippen molar-refractivity contribution >= 4 is 28.5 Å². The van der Waals surface area contributed by atoms with Gasteiger partial charge in [0.2, 0.25) is 11.8 Å². The highest BCUT2D eigenvalue weighted by atomic mass is 19.1. The number of pyridine rings is 1. The topological polar surface area (TPSA) is 131 Å². The fraction of sp³-hybridized carbons (Fsp3) is 0.381. The Morgan fingerprint density at radius 3 is 2.60 bits per heavy atom. The van der Waals surface area contributed by atoms with Gasteiger partial charge in [-0.2, -0.15) is 0 Å². The summed E-state index contributed by atoms with van der Waals surface area (Å²) < 4.78 is 37.0. The smallest absolute Gasteiger partial charge is 0.410 e. The van der Waals surface area contributed by atoms with Crippen LogP contribution in [0.3, 0.4) is 0 Å². The second-order valence-electron chi connectivity index (χ2n) is 14.6. The van der Waals surface area contributed by atoms with Gasteiger partial charge in [-0.1, -0.05) is 30.3 Å². The predicted molar refractivity (Wildman–Crippen MR) is 211 cm³/mol. The summed E-state index contributed by atoms with van der Waals surface area (Å²) in [4.78, 5) is 30.4. The number of aliphatic hydroxyl groups excluding tert-OH is 1. The van der Waals surface area contributed by atoms with Gasteiger partial charge in [-0.3, -0.25) is 0 Å². The Labute approximate surface area is 321 Å². The van der Waals surface area contributed by atoms with Crippen LogP contribution in [0.25, 0.3) is 22.0 Å². The molecule has 0 saturated carbocycles. The maximum atomic E-state index is 13.7. The first-order valence-corrected chi connectivity index (χ1v) is 18.4. The van der Waals surface area contributed by atoms with Gasteiger partial charge in [-0.05, 0) is 88.1 Å². The number of nitrogens with zero attached hydrogens (tertiary/aromatic N) is 5. The van der Waals surface area contributed by atoms with Crippen LogP contribution in [0, 0.1) is 6.92 Å². The number of likely N-dealkylation sites (tertiary alicyclic amines) is 1. The van der Waals surface area contributed by atoms with Crippen molar-refractivity contribution < 1.29 is 33.2 Å². The van der Waals surface area contributed by atoms with Gasteiger partial charge in [0.15, 0.2) is 11.5 Å². The van der Waals surface area contributed by atoms with Gasteiger partial charge in [0, 0.05) is 61.1 Å². The lowest BCUT2D eigenvalue weighted by atomic mass is 10.0. The number of ether oxygens (including phenoxy) is 4. The lowest BCUT2D eigenvalue weighted by Gasteiger charge is -2.34. The van der Waals surface area contributed by atoms with Crippen molar-refractivity contribution in [3.8, 4) is 34.4 Å². The van der Waals surface area contributed by atoms with Crippen molar-refractivity contribution in [2.45, 2.75) is 64.8 Å². The number of nitrogens with one attached hydrogen (secondary N) is 1. The van der Waals surface area contributed by atoms with Gasteiger partial charge < -0.3 is 39.2 Å². The van der Waals surface area contributed by atoms with Crippen molar-refractivity contribution in [1.82, 2.24) is 19.9 Å². The molecule has 55 heavy (non-hydrogen) atoms. The number of aromatic nitrogens is 3. The number of aryl methyl sites for hydroxylation is 1. The number of carbonyl (C=O) groups is 1. The number of amides is 1. The van der Waals surface area contributed by atoms with Crippen LogP contribution in [0.2, 0.25) is 0 Å². The van der Waals surface area contributed by atoms with E-state index < -0.39 is 18.4 Å². The van der Waals surface area contributed by atoms with Crippen molar-refractivity contribution in [2.75, 3.05) is 50.7 Å². The zero-order valence-electron chi connectivity index (χ0n) is 32.2. The molecule has 2 aromatic heterocycles. The number of piperidine rings is 1. The number of anilines is 2. The van der Waals surface area contributed by atoms with Gasteiger partial charge in [0.25, 0.3) is 0 Å². The molecule has 3 aromatic carbocycles. The maximum Gasteiger partial charge on any atom is 0.410 e. The summed E-state index contributed by atoms with van der Waals surface area (Å²) in [5, 5.41) is 15.6. The minimum Gasteiger partial charge on any atom is -0.493 e. The van der Waals surface area contributed by atoms with Crippen LogP contribution >= 0.6 is 0 Å². The highest BCUT2D eigenvalue weighted by Gasteiger charge is 2.28. The second kappa shape index (κ2) is 17.2. The van der Waals surface area contributed by atoms with Crippen LogP contribution in [0.15, 0.2) is 79.1 Å². The van der Waals surface area contributed by atoms with Gasteiger partial charge in [0.05, 0.1) is 31.6 Å². The molecule has 2 N–H and O–H groups in total. The van der Waals surface area contributed by atoms with E-state index in [1.807, 2.05) is 93.3 Å². The van der Waals surface area contributed by atoms with Crippen LogP contribution < -0.4 is 24.4 Å². The molecule has 13 heteroatoms. The molecule has 0 radical (unpaired) electrons. The van der Waals surface area contributed by atoms with Crippen molar-refractivity contribution in [1.29, 1.82) is 0 Å². The highest BCUT2D eigenvalue weighted by Crippen LogP contribution is 2.40. The van der Waals surface area contributed by atoms with E-state index in [1.165, 1.54) is 0 Å². The highest BCUT2D eigenvalue weighted by molar-refractivity contribution is 5.99. The van der Waals surface area contributed by atoms with E-state index in [2.05, 4.69) is 15.3 Å². The number of hydrogen-bond acceptors (Lipinski definition) is 11. The van der Waals surface area contributed by atoms with Crippen molar-refractivity contribution in [2.24, 2.45) is 0 Å². The maximum absolute atomic E-state index is 13.7. The third-order valence-electron chi connectivity index (χ3n) is 9.26. The number of carbonyl (C=O) groups excluding carboxylic acids is 1. The Balaban J connectivity index is 1.28. The molecule has 290 valence electrons. The quantitative estimate of drug-likeness (QED) is 0.121. The van der Waals surface area contributed by atoms with Gasteiger partial charge in [-0.15, -0.1) is 0 Å². The molecular formula is C42H49FN6O6. The third kappa shape index (κ3) is 9.52. The van der Waals surface area contributed by atoms with Gasteiger partial charge in [0.1, 0.15) is 18.0 Å². The normalized spacial score (nSPS) is 15.0. The van der Waals surface area contributed by atoms with E-state index in [-0.39, 0.29) is 18.7 Å². The number of alkyl halides is 1. The van der Waals surface area contributed by atoms with E-state index in [1.54, 1.807) is 37.6 Å². The molecule has 0 aliphatic carbocycles. The minimum atomic E-state index is -1.19. The predicted octanol–water partition coefficient (Wildman–Crippen LogP) is 7.96. The van der Waals surface area contributed by atoms with E-state index in [9.17, 15) is 14.3 Å². The summed E-state index contributed by atoms with van der Waals surface area (Å²) in [6.45, 7) is 8.21. The third-order valence-corrected chi connectivity index (χ3v) is 9.26. The number of benzene rings is 3. The van der Waals surface area contributed by atoms with Crippen LogP contribution in [0.4, 0.5) is 20.8 Å². The average Bonchev–Trinajstić information content (AvgIpc) is 3.18. The fourth-order valence-electron chi connectivity index (χ4n) is 6.70. The van der Waals surface area contributed by atoms with E-state index >= 15 is 0 Å². The SMILES string of the molecule is COc1ccc(CN(CC(O)CF)c2cccc3c(Oc4ncccc4-c4ccnc(N[C@H]5CCCN(C(=O)OC(C)(C)C)C5)n4)c(C)ccc23)cc1OC. The molecule has 2 atom stereocenters. The molecule has 12 nitrogen and oxygen atoms in total. The molecule has 3 heterocycles. The summed E-state index contributed by atoms with van der Waals surface area (Å²) in [5.41, 5.74) is 3.28. The Hall–Kier alpha value is -5.69. The molecule has 1 aliphatic rings. The van der Waals surface area contributed by atoms with Crippen LogP contribution in [0.5, 0.6) is 23.1 Å². The van der Waals surface area contributed by atoms with E-state index in [0.717, 1.165) is 40.4 Å². The summed E-state index contributed by atoms with van der Waals surface area (Å²) in [5.74, 6) is 2.57. The zero-order valence-corrected chi connectivity index (χ0v) is 32.2. The van der Waals surface area contributed by atoms with Crippen molar-refractivity contribution in [3.05, 3.63) is 90.3 Å². The molecule has 1 unspecified atom stereocenters. The Morgan fingerprint density at radius 2 is 1.84 bits per heavy atom. The molecular weight excluding hydrogens is 703 g/mol. The minimum absolute atomic E-state index is 0.0500. The molecule has 1 aliphatic heterocycles. The first kappa shape index (κ1) is 39.0. The summed E-state index contributed by atoms with van der Waals surface area (Å²) in [6, 6.07) is 20.9. The number of fused-ring (bicyclic) bond motifs is 1. The number of aliphatic hydroxyl groups is 1. The molecule has 1 saturated heterocycles. The van der Waals surface area contributed by atoms with Gasteiger partial charge in [-0.25, -0.2) is 24.1 Å². The standard InChI is InChI=1S/C42H49FN6O6/c1-27-14-16-31-32(11-7-13-35(31)49(26-30(50)23-43)24-28-15-17-36(52-5)37(22-28)53-6)38(27)54-39-33(12-8-19-44-39)34-18-20-45-40(47-34)46-29-10-9-21-48(25-29)41(51)55-42(2,3)4/h7-8,11-20,22,29-30,50H,9-10,21,23-26H2,1-6H3,(H,45,46,47)/t29-,30?/m0/s1. The van der Waals surface area contributed by atoms with Crippen LogP contribution in [-0.4, -0.2) is 89.3 Å². The summed E-state index contributed by atoms with van der Waals surface area (Å²) in [7, 11) is 3.16. The number of methoxy groups -OCH3 is 2. The fourth-order valence-corrected chi connectivity index (χ4v) is 6.70. The zero-order chi connectivity index (χ0) is 39.1. The summed E-state index contributed by atoms with van der Waals surface area (Å²) >= 11 is 0. The molecule has 5 aromatic rings. The second-order valence-corrected chi connectivity index (χ2v) is 14.6. The number of halogens is 1. The number of rotatable bonds is 13. The molecule has 6 rings (SSSR count). The summed E-state index contributed by atoms with van der Waals surface area (Å²) in [6.07, 6.45) is 3.51. The Kier molecular flexibility index (Phi) is 12.2. The first-order valence-electron chi connectivity index (χ1n) is 18.4. The first-order chi connectivity index (χ1) is 26.5. The van der Waals surface area contributed by atoms with Crippen molar-refractivity contribution in [3.63, 3.8) is 0 Å². The van der Waals surface area contributed by atoms with Crippen LogP contribution in [0.1, 0.15) is 44.7 Å². The largest absolute Gasteiger partial charge is 0.493 e. The number of hydrogen-bond donors (Lipinski definition) is 2.